The summed E-state index contributed by atoms with van der Waals surface area (Å²) in [4.78, 5) is 16.5. The van der Waals surface area contributed by atoms with Crippen molar-refractivity contribution in [2.24, 2.45) is 12.2 Å². The fourth-order valence-electron chi connectivity index (χ4n) is 1.45. The zero-order chi connectivity index (χ0) is 10.3. The van der Waals surface area contributed by atoms with Gasteiger partial charge in [0.05, 0.1) is 11.9 Å². The van der Waals surface area contributed by atoms with E-state index in [1.807, 2.05) is 6.92 Å². The number of aromatic hydroxyl groups is 1. The second-order valence-corrected chi connectivity index (χ2v) is 3.34. The molecular weight excluding hydrogens is 186 g/mol. The molecular formula is C8H11N3O3. The quantitative estimate of drug-likeness (QED) is 0.698. The van der Waals surface area contributed by atoms with Crippen LogP contribution in [0.25, 0.3) is 0 Å². The minimum Gasteiger partial charge on any atom is -0.493 e. The number of oxime groups is 1. The van der Waals surface area contributed by atoms with Crippen LogP contribution in [-0.2, 0) is 11.9 Å². The van der Waals surface area contributed by atoms with Crippen LogP contribution in [0.15, 0.2) is 16.1 Å². The predicted molar refractivity (Wildman–Crippen MR) is 49.2 cm³/mol. The summed E-state index contributed by atoms with van der Waals surface area (Å²) in [6.07, 6.45) is 1.36. The van der Waals surface area contributed by atoms with Crippen LogP contribution in [-0.4, -0.2) is 20.0 Å². The third-order valence-electron chi connectivity index (χ3n) is 2.15. The maximum Gasteiger partial charge on any atom is 0.333 e. The minimum atomic E-state index is -0.510. The molecule has 1 N–H and O–H groups in total. The summed E-state index contributed by atoms with van der Waals surface area (Å²) in [5.41, 5.74) is 0.502. The second-order valence-electron chi connectivity index (χ2n) is 3.34. The zero-order valence-electron chi connectivity index (χ0n) is 7.97. The lowest BCUT2D eigenvalue weighted by atomic mass is 10.3. The number of hydrogen-bond acceptors (Lipinski definition) is 4. The highest BCUT2D eigenvalue weighted by Gasteiger charge is 2.24. The van der Waals surface area contributed by atoms with Gasteiger partial charge in [-0.3, -0.25) is 4.57 Å². The van der Waals surface area contributed by atoms with Crippen molar-refractivity contribution in [1.29, 1.82) is 0 Å². The molecule has 1 unspecified atom stereocenters. The van der Waals surface area contributed by atoms with E-state index in [-0.39, 0.29) is 11.6 Å². The highest BCUT2D eigenvalue weighted by molar-refractivity contribution is 5.82. The number of nitrogens with zero attached hydrogens (tertiary/aromatic N) is 3. The highest BCUT2D eigenvalue weighted by atomic mass is 16.7. The van der Waals surface area contributed by atoms with Gasteiger partial charge in [-0.25, -0.2) is 9.36 Å². The van der Waals surface area contributed by atoms with Gasteiger partial charge in [-0.2, -0.15) is 0 Å². The molecule has 0 radical (unpaired) electrons. The molecule has 76 valence electrons. The fourth-order valence-corrected chi connectivity index (χ4v) is 1.45. The van der Waals surface area contributed by atoms with Crippen LogP contribution in [0.1, 0.15) is 19.6 Å². The van der Waals surface area contributed by atoms with E-state index >= 15 is 0 Å². The molecule has 1 aromatic rings. The maximum atomic E-state index is 11.5. The molecule has 1 aromatic heterocycles. The Bertz CT molecular complexity index is 443. The van der Waals surface area contributed by atoms with Crippen molar-refractivity contribution < 1.29 is 9.94 Å². The van der Waals surface area contributed by atoms with Crippen molar-refractivity contribution in [2.75, 3.05) is 0 Å². The third kappa shape index (κ3) is 1.19. The van der Waals surface area contributed by atoms with Gasteiger partial charge in [0.15, 0.2) is 0 Å². The van der Waals surface area contributed by atoms with Gasteiger partial charge in [-0.1, -0.05) is 5.16 Å². The fraction of sp³-hybridized carbons (Fsp3) is 0.500. The molecule has 0 saturated carbocycles. The lowest BCUT2D eigenvalue weighted by molar-refractivity contribution is 0.0246. The van der Waals surface area contributed by atoms with Gasteiger partial charge in [0.2, 0.25) is 12.1 Å². The molecule has 0 amide bonds. The Morgan fingerprint density at radius 2 is 2.43 bits per heavy atom. The van der Waals surface area contributed by atoms with E-state index in [1.54, 1.807) is 7.05 Å². The van der Waals surface area contributed by atoms with E-state index in [2.05, 4.69) is 5.16 Å². The van der Waals surface area contributed by atoms with Gasteiger partial charge >= 0.3 is 5.69 Å². The topological polar surface area (TPSA) is 68.8 Å². The number of aromatic nitrogens is 2. The first kappa shape index (κ1) is 8.86. The van der Waals surface area contributed by atoms with E-state index in [0.29, 0.717) is 6.42 Å². The first-order valence-electron chi connectivity index (χ1n) is 4.25. The van der Waals surface area contributed by atoms with Gasteiger partial charge < -0.3 is 9.94 Å². The lowest BCUT2D eigenvalue weighted by Crippen LogP contribution is -2.25. The van der Waals surface area contributed by atoms with Gasteiger partial charge in [0, 0.05) is 13.5 Å². The van der Waals surface area contributed by atoms with E-state index in [1.165, 1.54) is 15.3 Å². The van der Waals surface area contributed by atoms with Crippen LogP contribution in [0.2, 0.25) is 0 Å². The van der Waals surface area contributed by atoms with Crippen LogP contribution < -0.4 is 5.69 Å². The second kappa shape index (κ2) is 2.90. The molecule has 2 heterocycles. The monoisotopic (exact) mass is 197 g/mol. The van der Waals surface area contributed by atoms with E-state index < -0.39 is 6.23 Å². The van der Waals surface area contributed by atoms with Gasteiger partial charge in [0.1, 0.15) is 0 Å². The van der Waals surface area contributed by atoms with Crippen molar-refractivity contribution in [3.8, 4) is 5.88 Å². The number of imidazole rings is 1. The lowest BCUT2D eigenvalue weighted by Gasteiger charge is -2.08. The molecule has 0 aliphatic carbocycles. The van der Waals surface area contributed by atoms with Crippen LogP contribution in [0.3, 0.4) is 0 Å². The molecule has 1 atom stereocenters. The van der Waals surface area contributed by atoms with Crippen LogP contribution in [0.5, 0.6) is 5.88 Å². The number of aryl methyl sites for hydroxylation is 1. The highest BCUT2D eigenvalue weighted by Crippen LogP contribution is 2.23. The average Bonchev–Trinajstić information content (AvgIpc) is 2.60. The van der Waals surface area contributed by atoms with Crippen LogP contribution >= 0.6 is 0 Å². The molecule has 0 bridgehead atoms. The zero-order valence-corrected chi connectivity index (χ0v) is 7.97. The van der Waals surface area contributed by atoms with Gasteiger partial charge in [0.25, 0.3) is 0 Å². The average molecular weight is 197 g/mol. The Morgan fingerprint density at radius 1 is 1.71 bits per heavy atom. The summed E-state index contributed by atoms with van der Waals surface area (Å²) < 4.78 is 2.48. The number of rotatable bonds is 1. The van der Waals surface area contributed by atoms with Crippen LogP contribution in [0.4, 0.5) is 0 Å². The molecule has 0 saturated heterocycles. The summed E-state index contributed by atoms with van der Waals surface area (Å²) in [6.45, 7) is 1.81. The standard InChI is InChI=1S/C8H11N3O3/c1-5-3-7(14-9-5)11-6(12)4-10(2)8(11)13/h4,7,12H,3H2,1-2H3. The van der Waals surface area contributed by atoms with Gasteiger partial charge in [-0.05, 0) is 6.92 Å². The van der Waals surface area contributed by atoms with E-state index in [9.17, 15) is 9.90 Å². The molecule has 1 aliphatic rings. The molecule has 6 nitrogen and oxygen atoms in total. The minimum absolute atomic E-state index is 0.104. The Morgan fingerprint density at radius 3 is 2.86 bits per heavy atom. The van der Waals surface area contributed by atoms with E-state index in [0.717, 1.165) is 5.71 Å². The Balaban J connectivity index is 2.38. The normalized spacial score (nSPS) is 20.7. The van der Waals surface area contributed by atoms with E-state index in [4.69, 9.17) is 4.84 Å². The van der Waals surface area contributed by atoms with Crippen LogP contribution in [0, 0.1) is 0 Å². The predicted octanol–water partition coefficient (Wildman–Crippen LogP) is 0.187. The Kier molecular flexibility index (Phi) is 1.83. The molecule has 1 aliphatic heterocycles. The van der Waals surface area contributed by atoms with Crippen molar-refractivity contribution in [2.45, 2.75) is 19.6 Å². The molecule has 14 heavy (non-hydrogen) atoms. The number of hydrogen-bond donors (Lipinski definition) is 1. The van der Waals surface area contributed by atoms with Gasteiger partial charge in [-0.15, -0.1) is 0 Å². The summed E-state index contributed by atoms with van der Waals surface area (Å²) in [6, 6.07) is 0. The first-order chi connectivity index (χ1) is 6.59. The molecule has 0 spiro atoms. The van der Waals surface area contributed by atoms with Crippen molar-refractivity contribution in [3.63, 3.8) is 0 Å². The molecule has 6 heteroatoms. The smallest absolute Gasteiger partial charge is 0.333 e. The van der Waals surface area contributed by atoms with Crippen molar-refractivity contribution in [3.05, 3.63) is 16.7 Å². The summed E-state index contributed by atoms with van der Waals surface area (Å²) in [5.74, 6) is -0.104. The summed E-state index contributed by atoms with van der Waals surface area (Å²) >= 11 is 0. The van der Waals surface area contributed by atoms with Crippen molar-refractivity contribution in [1.82, 2.24) is 9.13 Å². The Hall–Kier alpha value is -1.72. The molecule has 0 fully saturated rings. The maximum absolute atomic E-state index is 11.5. The molecule has 0 aromatic carbocycles. The summed E-state index contributed by atoms with van der Waals surface area (Å²) in [7, 11) is 1.57. The first-order valence-corrected chi connectivity index (χ1v) is 4.25. The largest absolute Gasteiger partial charge is 0.493 e. The molecule has 2 rings (SSSR count). The SMILES string of the molecule is CC1=NOC(n2c(O)cn(C)c2=O)C1. The summed E-state index contributed by atoms with van der Waals surface area (Å²) in [5, 5.41) is 13.2. The van der Waals surface area contributed by atoms with Crippen molar-refractivity contribution >= 4 is 5.71 Å². The Labute approximate surface area is 80.0 Å². The third-order valence-corrected chi connectivity index (χ3v) is 2.15.